The van der Waals surface area contributed by atoms with E-state index in [9.17, 15) is 13.2 Å². The van der Waals surface area contributed by atoms with Crippen LogP contribution in [0.25, 0.3) is 0 Å². The van der Waals surface area contributed by atoms with E-state index in [2.05, 4.69) is 5.32 Å². The first-order valence-electron chi connectivity index (χ1n) is 7.33. The van der Waals surface area contributed by atoms with Crippen LogP contribution in [0.4, 0.5) is 13.2 Å². The van der Waals surface area contributed by atoms with Gasteiger partial charge in [0, 0.05) is 12.5 Å². The molecule has 1 nitrogen and oxygen atoms in total. The third kappa shape index (κ3) is 6.62. The summed E-state index contributed by atoms with van der Waals surface area (Å²) in [5.41, 5.74) is 0. The highest BCUT2D eigenvalue weighted by Gasteiger charge is 2.30. The second-order valence-corrected chi connectivity index (χ2v) is 5.42. The lowest BCUT2D eigenvalue weighted by molar-refractivity contribution is -0.137. The zero-order chi connectivity index (χ0) is 13.4. The van der Waals surface area contributed by atoms with Gasteiger partial charge in [-0.05, 0) is 31.7 Å². The van der Waals surface area contributed by atoms with Crippen LogP contribution < -0.4 is 5.32 Å². The third-order valence-corrected chi connectivity index (χ3v) is 3.92. The number of rotatable bonds is 5. The molecule has 0 radical (unpaired) electrons. The van der Waals surface area contributed by atoms with Crippen LogP contribution in [0.1, 0.15) is 64.7 Å². The average Bonchev–Trinajstić information content (AvgIpc) is 2.23. The molecule has 1 saturated carbocycles. The summed E-state index contributed by atoms with van der Waals surface area (Å²) in [6.45, 7) is 2.74. The molecule has 108 valence electrons. The Morgan fingerprint density at radius 2 is 1.61 bits per heavy atom. The van der Waals surface area contributed by atoms with Crippen LogP contribution in [0.3, 0.4) is 0 Å². The smallest absolute Gasteiger partial charge is 0.314 e. The maximum Gasteiger partial charge on any atom is 0.389 e. The van der Waals surface area contributed by atoms with Gasteiger partial charge in [-0.2, -0.15) is 13.2 Å². The van der Waals surface area contributed by atoms with E-state index < -0.39 is 12.6 Å². The number of hydrogen-bond donors (Lipinski definition) is 1. The average molecular weight is 265 g/mol. The van der Waals surface area contributed by atoms with E-state index in [0.29, 0.717) is 5.92 Å². The quantitative estimate of drug-likeness (QED) is 0.762. The number of alkyl halides is 3. The normalized spacial score (nSPS) is 21.3. The lowest BCUT2D eigenvalue weighted by atomic mass is 9.84. The maximum absolute atomic E-state index is 12.3. The zero-order valence-corrected chi connectivity index (χ0v) is 11.4. The van der Waals surface area contributed by atoms with Crippen molar-refractivity contribution < 1.29 is 13.2 Å². The van der Waals surface area contributed by atoms with Crippen LogP contribution in [0, 0.1) is 5.92 Å². The molecule has 1 unspecified atom stereocenters. The molecule has 0 amide bonds. The first kappa shape index (κ1) is 15.8. The van der Waals surface area contributed by atoms with Gasteiger partial charge in [0.1, 0.15) is 0 Å². The summed E-state index contributed by atoms with van der Waals surface area (Å²) in [7, 11) is 0. The summed E-state index contributed by atoms with van der Waals surface area (Å²) in [6, 6.07) is 0.0507. The zero-order valence-electron chi connectivity index (χ0n) is 11.4. The molecule has 1 fully saturated rings. The Bertz CT molecular complexity index is 208. The van der Waals surface area contributed by atoms with Gasteiger partial charge in [-0.1, -0.05) is 39.0 Å². The first-order chi connectivity index (χ1) is 8.53. The molecule has 18 heavy (non-hydrogen) atoms. The number of halogens is 3. The van der Waals surface area contributed by atoms with Gasteiger partial charge >= 0.3 is 6.18 Å². The minimum atomic E-state index is -4.02. The Kier molecular flexibility index (Phi) is 7.05. The summed E-state index contributed by atoms with van der Waals surface area (Å²) in [4.78, 5) is 0. The summed E-state index contributed by atoms with van der Waals surface area (Å²) < 4.78 is 37.0. The Hall–Kier alpha value is -0.250. The lowest BCUT2D eigenvalue weighted by Gasteiger charge is -2.29. The molecular formula is C14H26F3N. The second-order valence-electron chi connectivity index (χ2n) is 5.42. The second kappa shape index (κ2) is 8.03. The van der Waals surface area contributed by atoms with Gasteiger partial charge in [-0.15, -0.1) is 0 Å². The van der Waals surface area contributed by atoms with Crippen LogP contribution in [0.2, 0.25) is 0 Å². The standard InChI is InChI=1S/C14H26F3N/c1-2-18-13(10-11-14(15,16)17)12-8-6-4-3-5-7-9-12/h12-13,18H,2-11H2,1H3. The van der Waals surface area contributed by atoms with Crippen LogP contribution >= 0.6 is 0 Å². The van der Waals surface area contributed by atoms with Crippen molar-refractivity contribution in [2.24, 2.45) is 5.92 Å². The van der Waals surface area contributed by atoms with Gasteiger partial charge < -0.3 is 5.32 Å². The largest absolute Gasteiger partial charge is 0.389 e. The van der Waals surface area contributed by atoms with Crippen molar-refractivity contribution in [3.8, 4) is 0 Å². The molecule has 1 N–H and O–H groups in total. The highest BCUT2D eigenvalue weighted by Crippen LogP contribution is 2.29. The summed E-state index contributed by atoms with van der Waals surface area (Å²) in [5, 5.41) is 3.27. The number of hydrogen-bond acceptors (Lipinski definition) is 1. The molecule has 1 aliphatic carbocycles. The predicted molar refractivity (Wildman–Crippen MR) is 68.6 cm³/mol. The van der Waals surface area contributed by atoms with Gasteiger partial charge in [-0.3, -0.25) is 0 Å². The molecular weight excluding hydrogens is 239 g/mol. The van der Waals surface area contributed by atoms with E-state index >= 15 is 0 Å². The van der Waals surface area contributed by atoms with Crippen molar-refractivity contribution in [2.45, 2.75) is 76.9 Å². The fraction of sp³-hybridized carbons (Fsp3) is 1.00. The van der Waals surface area contributed by atoms with Crippen LogP contribution in [-0.2, 0) is 0 Å². The minimum Gasteiger partial charge on any atom is -0.314 e. The van der Waals surface area contributed by atoms with Crippen molar-refractivity contribution in [1.29, 1.82) is 0 Å². The molecule has 0 aromatic rings. The molecule has 4 heteroatoms. The molecule has 0 aromatic carbocycles. The van der Waals surface area contributed by atoms with Crippen LogP contribution in [0.15, 0.2) is 0 Å². The summed E-state index contributed by atoms with van der Waals surface area (Å²) >= 11 is 0. The van der Waals surface area contributed by atoms with Gasteiger partial charge in [0.05, 0.1) is 0 Å². The Balaban J connectivity index is 2.46. The molecule has 0 saturated heterocycles. The Morgan fingerprint density at radius 1 is 1.06 bits per heavy atom. The highest BCUT2D eigenvalue weighted by molar-refractivity contribution is 4.78. The third-order valence-electron chi connectivity index (χ3n) is 3.92. The molecule has 1 rings (SSSR count). The van der Waals surface area contributed by atoms with Gasteiger partial charge in [0.2, 0.25) is 0 Å². The number of nitrogens with one attached hydrogen (secondary N) is 1. The molecule has 1 atom stereocenters. The Labute approximate surface area is 109 Å². The van der Waals surface area contributed by atoms with E-state index in [1.807, 2.05) is 6.92 Å². The summed E-state index contributed by atoms with van der Waals surface area (Å²) in [5.74, 6) is 0.438. The van der Waals surface area contributed by atoms with Crippen LogP contribution in [0.5, 0.6) is 0 Å². The van der Waals surface area contributed by atoms with Crippen molar-refractivity contribution in [3.05, 3.63) is 0 Å². The SMILES string of the molecule is CCNC(CCC(F)(F)F)C1CCCCCCC1. The maximum atomic E-state index is 12.3. The van der Waals surface area contributed by atoms with Gasteiger partial charge in [0.25, 0.3) is 0 Å². The van der Waals surface area contributed by atoms with Crippen LogP contribution in [-0.4, -0.2) is 18.8 Å². The molecule has 0 bridgehead atoms. The van der Waals surface area contributed by atoms with Gasteiger partial charge in [-0.25, -0.2) is 0 Å². The summed E-state index contributed by atoms with van der Waals surface area (Å²) in [6.07, 6.45) is 3.89. The minimum absolute atomic E-state index is 0.0507. The fourth-order valence-electron chi connectivity index (χ4n) is 2.98. The van der Waals surface area contributed by atoms with Crippen molar-refractivity contribution in [1.82, 2.24) is 5.32 Å². The topological polar surface area (TPSA) is 12.0 Å². The lowest BCUT2D eigenvalue weighted by Crippen LogP contribution is -2.37. The van der Waals surface area contributed by atoms with Crippen molar-refractivity contribution in [3.63, 3.8) is 0 Å². The highest BCUT2D eigenvalue weighted by atomic mass is 19.4. The van der Waals surface area contributed by atoms with E-state index in [-0.39, 0.29) is 12.5 Å². The molecule has 0 aromatic heterocycles. The van der Waals surface area contributed by atoms with E-state index in [1.54, 1.807) is 0 Å². The van der Waals surface area contributed by atoms with E-state index in [4.69, 9.17) is 0 Å². The van der Waals surface area contributed by atoms with Gasteiger partial charge in [0.15, 0.2) is 0 Å². The molecule has 0 heterocycles. The molecule has 0 aliphatic heterocycles. The van der Waals surface area contributed by atoms with Crippen molar-refractivity contribution >= 4 is 0 Å². The van der Waals surface area contributed by atoms with Crippen molar-refractivity contribution in [2.75, 3.05) is 6.54 Å². The predicted octanol–water partition coefficient (Wildman–Crippen LogP) is 4.67. The molecule has 1 aliphatic rings. The fourth-order valence-corrected chi connectivity index (χ4v) is 2.98. The first-order valence-corrected chi connectivity index (χ1v) is 7.33. The molecule has 0 spiro atoms. The monoisotopic (exact) mass is 265 g/mol. The Morgan fingerprint density at radius 3 is 2.11 bits per heavy atom. The van der Waals surface area contributed by atoms with E-state index in [1.165, 1.54) is 32.1 Å². The van der Waals surface area contributed by atoms with E-state index in [0.717, 1.165) is 19.4 Å².